The zero-order valence-corrected chi connectivity index (χ0v) is 16.1. The Morgan fingerprint density at radius 3 is 2.27 bits per heavy atom. The Bertz CT molecular complexity index is 829. The number of carbonyl (C=O) groups is 1. The molecule has 0 atom stereocenters. The Kier molecular flexibility index (Phi) is 6.74. The average molecular weight is 375 g/mol. The van der Waals surface area contributed by atoms with Crippen molar-refractivity contribution in [3.63, 3.8) is 0 Å². The fraction of sp³-hybridized carbons (Fsp3) is 0.368. The molecule has 26 heavy (non-hydrogen) atoms. The molecule has 0 bridgehead atoms. The molecule has 2 N–H and O–H groups in total. The average Bonchev–Trinajstić information content (AvgIpc) is 2.61. The minimum atomic E-state index is -3.43. The number of aromatic nitrogens is 1. The molecule has 0 radical (unpaired) electrons. The van der Waals surface area contributed by atoms with Crippen molar-refractivity contribution in [1.29, 1.82) is 0 Å². The predicted molar refractivity (Wildman–Crippen MR) is 105 cm³/mol. The highest BCUT2D eigenvalue weighted by molar-refractivity contribution is 7.93. The number of carbonyl (C=O) groups excluding carboxylic acids is 1. The van der Waals surface area contributed by atoms with E-state index in [1.54, 1.807) is 13.8 Å². The fourth-order valence-corrected chi connectivity index (χ4v) is 2.89. The van der Waals surface area contributed by atoms with Gasteiger partial charge < -0.3 is 5.32 Å². The van der Waals surface area contributed by atoms with Crippen LogP contribution in [0.15, 0.2) is 42.6 Å². The van der Waals surface area contributed by atoms with E-state index in [9.17, 15) is 13.2 Å². The van der Waals surface area contributed by atoms with Gasteiger partial charge >= 0.3 is 0 Å². The summed E-state index contributed by atoms with van der Waals surface area (Å²) >= 11 is 0. The van der Waals surface area contributed by atoms with Gasteiger partial charge in [0.05, 0.1) is 17.1 Å². The molecule has 2 aromatic rings. The van der Waals surface area contributed by atoms with Crippen LogP contribution in [-0.2, 0) is 16.4 Å². The number of benzene rings is 1. The van der Waals surface area contributed by atoms with Gasteiger partial charge in [0.15, 0.2) is 0 Å². The summed E-state index contributed by atoms with van der Waals surface area (Å²) in [5, 5.41) is 2.24. The lowest BCUT2D eigenvalue weighted by atomic mass is 10.1. The molecule has 7 heteroatoms. The van der Waals surface area contributed by atoms with Crippen molar-refractivity contribution in [2.45, 2.75) is 45.3 Å². The molecular formula is C19H25N3O3S. The van der Waals surface area contributed by atoms with Gasteiger partial charge in [-0.2, -0.15) is 0 Å². The highest BCUT2D eigenvalue weighted by Gasteiger charge is 2.16. The number of nitrogens with zero attached hydrogens (tertiary/aromatic N) is 1. The number of sulfonamides is 1. The van der Waals surface area contributed by atoms with E-state index in [1.807, 2.05) is 24.3 Å². The topological polar surface area (TPSA) is 88.2 Å². The SMILES string of the molecule is CCCCc1ccc(NC(=O)c2ccc(NS(=O)(=O)C(C)C)cn2)cc1. The van der Waals surface area contributed by atoms with E-state index in [2.05, 4.69) is 21.9 Å². The lowest BCUT2D eigenvalue weighted by Crippen LogP contribution is -2.22. The maximum absolute atomic E-state index is 12.3. The molecule has 0 saturated heterocycles. The second kappa shape index (κ2) is 8.80. The zero-order valence-electron chi connectivity index (χ0n) is 15.3. The van der Waals surface area contributed by atoms with E-state index < -0.39 is 15.3 Å². The Morgan fingerprint density at radius 1 is 1.08 bits per heavy atom. The van der Waals surface area contributed by atoms with E-state index in [0.29, 0.717) is 11.4 Å². The van der Waals surface area contributed by atoms with Crippen LogP contribution in [0.5, 0.6) is 0 Å². The summed E-state index contributed by atoms with van der Waals surface area (Å²) in [4.78, 5) is 16.3. The highest BCUT2D eigenvalue weighted by atomic mass is 32.2. The molecule has 0 unspecified atom stereocenters. The number of hydrogen-bond donors (Lipinski definition) is 2. The van der Waals surface area contributed by atoms with Gasteiger partial charge in [0.1, 0.15) is 5.69 Å². The first kappa shape index (κ1) is 19.9. The van der Waals surface area contributed by atoms with Gasteiger partial charge in [-0.3, -0.25) is 9.52 Å². The number of aryl methyl sites for hydroxylation is 1. The third-order valence-electron chi connectivity index (χ3n) is 3.91. The normalized spacial score (nSPS) is 11.4. The molecule has 0 aliphatic carbocycles. The zero-order chi connectivity index (χ0) is 19.2. The lowest BCUT2D eigenvalue weighted by Gasteiger charge is -2.11. The van der Waals surface area contributed by atoms with E-state index in [0.717, 1.165) is 19.3 Å². The summed E-state index contributed by atoms with van der Waals surface area (Å²) in [5.74, 6) is -0.343. The Balaban J connectivity index is 1.99. The lowest BCUT2D eigenvalue weighted by molar-refractivity contribution is 0.102. The monoisotopic (exact) mass is 375 g/mol. The second-order valence-electron chi connectivity index (χ2n) is 6.38. The summed E-state index contributed by atoms with van der Waals surface area (Å²) < 4.78 is 26.1. The van der Waals surface area contributed by atoms with E-state index in [1.165, 1.54) is 23.9 Å². The molecule has 1 aromatic carbocycles. The van der Waals surface area contributed by atoms with Crippen molar-refractivity contribution >= 4 is 27.3 Å². The standard InChI is InChI=1S/C19H25N3O3S/c1-4-5-6-15-7-9-16(10-8-15)21-19(23)18-12-11-17(13-20-18)22-26(24,25)14(2)3/h7-14,22H,4-6H2,1-3H3,(H,21,23). The molecule has 1 heterocycles. The molecule has 0 aliphatic heterocycles. The third-order valence-corrected chi connectivity index (χ3v) is 5.67. The molecule has 1 aromatic heterocycles. The van der Waals surface area contributed by atoms with E-state index in [4.69, 9.17) is 0 Å². The summed E-state index contributed by atoms with van der Waals surface area (Å²) in [6.45, 7) is 5.33. The van der Waals surface area contributed by atoms with Crippen molar-refractivity contribution < 1.29 is 13.2 Å². The number of rotatable bonds is 8. The van der Waals surface area contributed by atoms with Crippen LogP contribution < -0.4 is 10.0 Å². The molecule has 0 aliphatic rings. The van der Waals surface area contributed by atoms with Gasteiger partial charge in [-0.1, -0.05) is 25.5 Å². The molecule has 0 saturated carbocycles. The minimum Gasteiger partial charge on any atom is -0.321 e. The van der Waals surface area contributed by atoms with Gasteiger partial charge in [0.2, 0.25) is 10.0 Å². The van der Waals surface area contributed by atoms with Gasteiger partial charge in [0.25, 0.3) is 5.91 Å². The molecule has 0 spiro atoms. The van der Waals surface area contributed by atoms with Crippen LogP contribution in [0.4, 0.5) is 11.4 Å². The minimum absolute atomic E-state index is 0.215. The molecule has 140 valence electrons. The van der Waals surface area contributed by atoms with Crippen LogP contribution in [0.2, 0.25) is 0 Å². The van der Waals surface area contributed by atoms with Crippen LogP contribution in [0.25, 0.3) is 0 Å². The number of hydrogen-bond acceptors (Lipinski definition) is 4. The molecular weight excluding hydrogens is 350 g/mol. The van der Waals surface area contributed by atoms with Crippen molar-refractivity contribution in [1.82, 2.24) is 4.98 Å². The Morgan fingerprint density at radius 2 is 1.73 bits per heavy atom. The van der Waals surface area contributed by atoms with Crippen molar-refractivity contribution in [3.05, 3.63) is 53.9 Å². The smallest absolute Gasteiger partial charge is 0.274 e. The van der Waals surface area contributed by atoms with Crippen LogP contribution in [0.3, 0.4) is 0 Å². The summed E-state index contributed by atoms with van der Waals surface area (Å²) in [6.07, 6.45) is 4.65. The van der Waals surface area contributed by atoms with Gasteiger partial charge in [-0.05, 0) is 56.5 Å². The number of amides is 1. The number of unbranched alkanes of at least 4 members (excludes halogenated alkanes) is 1. The summed E-state index contributed by atoms with van der Waals surface area (Å²) in [5.41, 5.74) is 2.48. The number of pyridine rings is 1. The summed E-state index contributed by atoms with van der Waals surface area (Å²) in [7, 11) is -3.43. The van der Waals surface area contributed by atoms with Crippen molar-refractivity contribution in [3.8, 4) is 0 Å². The van der Waals surface area contributed by atoms with E-state index in [-0.39, 0.29) is 11.6 Å². The first-order chi connectivity index (χ1) is 12.3. The number of nitrogens with one attached hydrogen (secondary N) is 2. The largest absolute Gasteiger partial charge is 0.321 e. The first-order valence-corrected chi connectivity index (χ1v) is 10.2. The van der Waals surface area contributed by atoms with Crippen molar-refractivity contribution in [2.75, 3.05) is 10.0 Å². The first-order valence-electron chi connectivity index (χ1n) is 8.70. The highest BCUT2D eigenvalue weighted by Crippen LogP contribution is 2.14. The molecule has 1 amide bonds. The third kappa shape index (κ3) is 5.56. The maximum atomic E-state index is 12.3. The Hall–Kier alpha value is -2.41. The van der Waals surface area contributed by atoms with Crippen molar-refractivity contribution in [2.24, 2.45) is 0 Å². The fourth-order valence-electron chi connectivity index (χ4n) is 2.20. The van der Waals surface area contributed by atoms with Gasteiger partial charge in [-0.25, -0.2) is 13.4 Å². The molecule has 2 rings (SSSR count). The van der Waals surface area contributed by atoms with Crippen LogP contribution in [0, 0.1) is 0 Å². The van der Waals surface area contributed by atoms with E-state index >= 15 is 0 Å². The van der Waals surface area contributed by atoms with Crippen LogP contribution >= 0.6 is 0 Å². The van der Waals surface area contributed by atoms with Crippen LogP contribution in [-0.4, -0.2) is 24.6 Å². The van der Waals surface area contributed by atoms with Crippen LogP contribution in [0.1, 0.15) is 49.7 Å². The van der Waals surface area contributed by atoms with Gasteiger partial charge in [-0.15, -0.1) is 0 Å². The summed E-state index contributed by atoms with van der Waals surface area (Å²) in [6, 6.07) is 10.8. The maximum Gasteiger partial charge on any atom is 0.274 e. The van der Waals surface area contributed by atoms with Gasteiger partial charge in [0, 0.05) is 5.69 Å². The predicted octanol–water partition coefficient (Wildman–Crippen LogP) is 3.83. The second-order valence-corrected chi connectivity index (χ2v) is 8.62. The Labute approximate surface area is 155 Å². The quantitative estimate of drug-likeness (QED) is 0.734. The molecule has 6 nitrogen and oxygen atoms in total. The molecule has 0 fully saturated rings. The number of anilines is 2.